The molecule has 0 spiro atoms. The number of nitrogens with zero attached hydrogens (tertiary/aromatic N) is 2. The molecule has 3 N–H and O–H groups in total. The lowest BCUT2D eigenvalue weighted by molar-refractivity contribution is -0.384. The molecule has 2 aromatic rings. The first-order valence-electron chi connectivity index (χ1n) is 7.51. The van der Waals surface area contributed by atoms with Crippen molar-refractivity contribution in [3.05, 3.63) is 62.7 Å². The molecule has 13 heteroatoms. The lowest BCUT2D eigenvalue weighted by atomic mass is 10.1. The van der Waals surface area contributed by atoms with Crippen LogP contribution in [0, 0.1) is 21.4 Å². The lowest BCUT2D eigenvalue weighted by Crippen LogP contribution is -2.21. The summed E-state index contributed by atoms with van der Waals surface area (Å²) in [4.78, 5) is 33.5. The SMILES string of the molecule is N#Cc1cc([N+](=O)[O-])ccc1NC(=O)COC(=O)c1ccc(Cl)c(S(N)(=O)=O)c1. The van der Waals surface area contributed by atoms with E-state index in [-0.39, 0.29) is 27.5 Å². The molecule has 2 aromatic carbocycles. The van der Waals surface area contributed by atoms with E-state index < -0.39 is 38.3 Å². The molecule has 0 aliphatic rings. The Morgan fingerprint density at radius 1 is 1.28 bits per heavy atom. The number of carbonyl (C=O) groups excluding carboxylic acids is 2. The Labute approximate surface area is 168 Å². The summed E-state index contributed by atoms with van der Waals surface area (Å²) in [6.07, 6.45) is 0. The van der Waals surface area contributed by atoms with E-state index in [0.717, 1.165) is 30.3 Å². The average molecular weight is 439 g/mol. The highest BCUT2D eigenvalue weighted by atomic mass is 35.5. The summed E-state index contributed by atoms with van der Waals surface area (Å²) in [7, 11) is -4.18. The Kier molecular flexibility index (Phi) is 6.49. The molecule has 0 saturated carbocycles. The number of anilines is 1. The molecular weight excluding hydrogens is 428 g/mol. The van der Waals surface area contributed by atoms with Crippen molar-refractivity contribution in [1.82, 2.24) is 0 Å². The number of benzene rings is 2. The predicted molar refractivity (Wildman–Crippen MR) is 99.5 cm³/mol. The van der Waals surface area contributed by atoms with Gasteiger partial charge >= 0.3 is 5.97 Å². The van der Waals surface area contributed by atoms with Gasteiger partial charge in [0, 0.05) is 12.1 Å². The van der Waals surface area contributed by atoms with Crippen molar-refractivity contribution < 1.29 is 27.7 Å². The molecule has 0 unspecified atom stereocenters. The minimum Gasteiger partial charge on any atom is -0.452 e. The van der Waals surface area contributed by atoms with Crippen molar-refractivity contribution in [3.8, 4) is 6.07 Å². The fourth-order valence-corrected chi connectivity index (χ4v) is 3.17. The number of amides is 1. The zero-order valence-electron chi connectivity index (χ0n) is 14.3. The third-order valence-electron chi connectivity index (χ3n) is 3.42. The van der Waals surface area contributed by atoms with E-state index in [1.807, 2.05) is 0 Å². The van der Waals surface area contributed by atoms with Gasteiger partial charge < -0.3 is 10.1 Å². The third kappa shape index (κ3) is 5.48. The number of esters is 1. The summed E-state index contributed by atoms with van der Waals surface area (Å²) in [5.74, 6) is -1.85. The fourth-order valence-electron chi connectivity index (χ4n) is 2.10. The summed E-state index contributed by atoms with van der Waals surface area (Å²) in [6, 6.07) is 8.15. The summed E-state index contributed by atoms with van der Waals surface area (Å²) in [6.45, 7) is -0.770. The minimum absolute atomic E-state index is 0.0119. The van der Waals surface area contributed by atoms with Crippen LogP contribution < -0.4 is 10.5 Å². The van der Waals surface area contributed by atoms with Crippen LogP contribution in [0.5, 0.6) is 0 Å². The number of nitriles is 1. The second-order valence-electron chi connectivity index (χ2n) is 5.41. The van der Waals surface area contributed by atoms with E-state index in [4.69, 9.17) is 26.7 Å². The van der Waals surface area contributed by atoms with Crippen molar-refractivity contribution in [2.75, 3.05) is 11.9 Å². The minimum atomic E-state index is -4.18. The van der Waals surface area contributed by atoms with Crippen LogP contribution in [0.1, 0.15) is 15.9 Å². The van der Waals surface area contributed by atoms with Crippen molar-refractivity contribution in [2.45, 2.75) is 4.90 Å². The van der Waals surface area contributed by atoms with Gasteiger partial charge in [-0.3, -0.25) is 14.9 Å². The van der Waals surface area contributed by atoms with Crippen LogP contribution in [0.15, 0.2) is 41.3 Å². The third-order valence-corrected chi connectivity index (χ3v) is 4.81. The monoisotopic (exact) mass is 438 g/mol. The number of rotatable bonds is 6. The molecule has 11 nitrogen and oxygen atoms in total. The second kappa shape index (κ2) is 8.65. The summed E-state index contributed by atoms with van der Waals surface area (Å²) in [5.41, 5.74) is -0.713. The quantitative estimate of drug-likeness (QED) is 0.386. The highest BCUT2D eigenvalue weighted by Gasteiger charge is 2.18. The Morgan fingerprint density at radius 2 is 1.97 bits per heavy atom. The highest BCUT2D eigenvalue weighted by Crippen LogP contribution is 2.23. The van der Waals surface area contributed by atoms with Gasteiger partial charge in [-0.15, -0.1) is 0 Å². The molecule has 0 aromatic heterocycles. The smallest absolute Gasteiger partial charge is 0.338 e. The Hall–Kier alpha value is -3.53. The van der Waals surface area contributed by atoms with E-state index in [1.165, 1.54) is 6.07 Å². The molecule has 0 fully saturated rings. The van der Waals surface area contributed by atoms with Gasteiger partial charge in [-0.2, -0.15) is 5.26 Å². The van der Waals surface area contributed by atoms with Gasteiger partial charge in [-0.25, -0.2) is 18.4 Å². The van der Waals surface area contributed by atoms with Crippen molar-refractivity contribution >= 4 is 44.9 Å². The highest BCUT2D eigenvalue weighted by molar-refractivity contribution is 7.89. The number of carbonyl (C=O) groups is 2. The van der Waals surface area contributed by atoms with E-state index in [9.17, 15) is 28.1 Å². The topological polar surface area (TPSA) is 182 Å². The van der Waals surface area contributed by atoms with Crippen LogP contribution >= 0.6 is 11.6 Å². The van der Waals surface area contributed by atoms with Gasteiger partial charge in [-0.1, -0.05) is 11.6 Å². The molecule has 150 valence electrons. The second-order valence-corrected chi connectivity index (χ2v) is 7.35. The van der Waals surface area contributed by atoms with Crippen LogP contribution in [0.3, 0.4) is 0 Å². The van der Waals surface area contributed by atoms with Gasteiger partial charge in [-0.05, 0) is 24.3 Å². The molecule has 2 rings (SSSR count). The summed E-state index contributed by atoms with van der Waals surface area (Å²) >= 11 is 5.72. The number of primary sulfonamides is 1. The number of sulfonamides is 1. The van der Waals surface area contributed by atoms with E-state index >= 15 is 0 Å². The van der Waals surface area contributed by atoms with Crippen LogP contribution in [0.4, 0.5) is 11.4 Å². The molecular formula is C16H11ClN4O7S. The molecule has 0 atom stereocenters. The predicted octanol–water partition coefficient (Wildman–Crippen LogP) is 1.56. The zero-order chi connectivity index (χ0) is 21.8. The fraction of sp³-hybridized carbons (Fsp3) is 0.0625. The molecule has 0 bridgehead atoms. The first kappa shape index (κ1) is 21.8. The number of halogens is 1. The lowest BCUT2D eigenvalue weighted by Gasteiger charge is -2.09. The number of hydrogen-bond donors (Lipinski definition) is 2. The molecule has 0 aliphatic heterocycles. The van der Waals surface area contributed by atoms with Gasteiger partial charge in [0.25, 0.3) is 11.6 Å². The molecule has 0 aliphatic carbocycles. The largest absolute Gasteiger partial charge is 0.452 e. The first-order chi connectivity index (χ1) is 13.5. The van der Waals surface area contributed by atoms with Crippen LogP contribution in [-0.4, -0.2) is 31.8 Å². The van der Waals surface area contributed by atoms with Crippen LogP contribution in [0.25, 0.3) is 0 Å². The standard InChI is InChI=1S/C16H11ClN4O7S/c17-12-3-1-9(6-14(12)29(19,26)27)16(23)28-8-15(22)20-13-4-2-11(21(24)25)5-10(13)7-18/h1-6H,8H2,(H,20,22)(H2,19,26,27). The van der Waals surface area contributed by atoms with Crippen LogP contribution in [0.2, 0.25) is 5.02 Å². The molecule has 0 saturated heterocycles. The maximum atomic E-state index is 12.0. The molecule has 0 heterocycles. The average Bonchev–Trinajstić information content (AvgIpc) is 2.65. The number of nitrogens with two attached hydrogens (primary N) is 1. The number of nitrogens with one attached hydrogen (secondary N) is 1. The first-order valence-corrected chi connectivity index (χ1v) is 9.43. The van der Waals surface area contributed by atoms with Gasteiger partial charge in [0.15, 0.2) is 6.61 Å². The van der Waals surface area contributed by atoms with E-state index in [1.54, 1.807) is 6.07 Å². The van der Waals surface area contributed by atoms with Crippen LogP contribution in [-0.2, 0) is 19.6 Å². The number of ether oxygens (including phenoxy) is 1. The Morgan fingerprint density at radius 3 is 2.55 bits per heavy atom. The van der Waals surface area contributed by atoms with Crippen molar-refractivity contribution in [3.63, 3.8) is 0 Å². The summed E-state index contributed by atoms with van der Waals surface area (Å²) < 4.78 is 27.7. The zero-order valence-corrected chi connectivity index (χ0v) is 15.9. The Bertz CT molecular complexity index is 1160. The molecule has 29 heavy (non-hydrogen) atoms. The molecule has 1 amide bonds. The number of nitro benzene ring substituents is 1. The van der Waals surface area contributed by atoms with Crippen molar-refractivity contribution in [2.24, 2.45) is 5.14 Å². The summed E-state index contributed by atoms with van der Waals surface area (Å²) in [5, 5.41) is 26.8. The maximum Gasteiger partial charge on any atom is 0.338 e. The van der Waals surface area contributed by atoms with Gasteiger partial charge in [0.1, 0.15) is 11.0 Å². The van der Waals surface area contributed by atoms with Gasteiger partial charge in [0.05, 0.1) is 26.8 Å². The number of non-ortho nitro benzene ring substituents is 1. The number of hydrogen-bond acceptors (Lipinski definition) is 8. The van der Waals surface area contributed by atoms with E-state index in [0.29, 0.717) is 0 Å². The van der Waals surface area contributed by atoms with Gasteiger partial charge in [0.2, 0.25) is 10.0 Å². The number of nitro groups is 1. The Balaban J connectivity index is 2.08. The molecule has 0 radical (unpaired) electrons. The van der Waals surface area contributed by atoms with Crippen molar-refractivity contribution in [1.29, 1.82) is 5.26 Å². The maximum absolute atomic E-state index is 12.0. The normalized spacial score (nSPS) is 10.7. The van der Waals surface area contributed by atoms with E-state index in [2.05, 4.69) is 5.32 Å².